The van der Waals surface area contributed by atoms with Crippen LogP contribution in [0.4, 0.5) is 0 Å². The van der Waals surface area contributed by atoms with Gasteiger partial charge in [-0.3, -0.25) is 0 Å². The van der Waals surface area contributed by atoms with Crippen molar-refractivity contribution in [3.63, 3.8) is 0 Å². The summed E-state index contributed by atoms with van der Waals surface area (Å²) >= 11 is 0. The highest BCUT2D eigenvalue weighted by molar-refractivity contribution is 7.91. The molecule has 1 N–H and O–H groups in total. The Balaban J connectivity index is 2.25. The molecule has 1 atom stereocenters. The molecule has 1 aliphatic heterocycles. The van der Waals surface area contributed by atoms with E-state index in [1.165, 1.54) is 5.56 Å². The van der Waals surface area contributed by atoms with Crippen molar-refractivity contribution in [3.8, 4) is 0 Å². The molecule has 0 saturated carbocycles. The molecule has 0 bridgehead atoms. The highest BCUT2D eigenvalue weighted by Crippen LogP contribution is 2.27. The van der Waals surface area contributed by atoms with Gasteiger partial charge in [0.15, 0.2) is 9.84 Å². The standard InChI is InChI=1S/C13H21N3O2S/c1-9-12(4-6-14-3)10(2)16-13(15-9)11-5-7-19(17,18)8-11/h11,14H,4-8H2,1-3H3. The van der Waals surface area contributed by atoms with E-state index in [0.717, 1.165) is 24.4 Å². The van der Waals surface area contributed by atoms with E-state index < -0.39 is 9.84 Å². The first kappa shape index (κ1) is 14.4. The third kappa shape index (κ3) is 3.30. The molecule has 1 aromatic rings. The van der Waals surface area contributed by atoms with Crippen molar-refractivity contribution in [2.45, 2.75) is 32.6 Å². The van der Waals surface area contributed by atoms with Crippen LogP contribution >= 0.6 is 0 Å². The Hall–Kier alpha value is -1.01. The number of likely N-dealkylation sites (N-methyl/N-ethyl adjacent to an activating group) is 1. The summed E-state index contributed by atoms with van der Waals surface area (Å²) in [5.74, 6) is 1.13. The number of nitrogens with zero attached hydrogens (tertiary/aromatic N) is 2. The summed E-state index contributed by atoms with van der Waals surface area (Å²) < 4.78 is 23.1. The van der Waals surface area contributed by atoms with E-state index in [0.29, 0.717) is 12.2 Å². The largest absolute Gasteiger partial charge is 0.319 e. The van der Waals surface area contributed by atoms with Crippen molar-refractivity contribution in [3.05, 3.63) is 22.8 Å². The van der Waals surface area contributed by atoms with E-state index in [-0.39, 0.29) is 17.4 Å². The van der Waals surface area contributed by atoms with Crippen molar-refractivity contribution in [2.24, 2.45) is 0 Å². The fourth-order valence-corrected chi connectivity index (χ4v) is 4.30. The van der Waals surface area contributed by atoms with E-state index in [1.54, 1.807) is 0 Å². The molecule has 5 nitrogen and oxygen atoms in total. The van der Waals surface area contributed by atoms with E-state index in [2.05, 4.69) is 15.3 Å². The number of aryl methyl sites for hydroxylation is 2. The molecule has 1 aromatic heterocycles. The molecular formula is C13H21N3O2S. The summed E-state index contributed by atoms with van der Waals surface area (Å²) in [6.45, 7) is 4.85. The van der Waals surface area contributed by atoms with E-state index in [9.17, 15) is 8.42 Å². The Morgan fingerprint density at radius 1 is 1.26 bits per heavy atom. The van der Waals surface area contributed by atoms with Crippen molar-refractivity contribution >= 4 is 9.84 Å². The lowest BCUT2D eigenvalue weighted by Crippen LogP contribution is -2.15. The zero-order valence-corrected chi connectivity index (χ0v) is 12.5. The van der Waals surface area contributed by atoms with Crippen LogP contribution in [0.5, 0.6) is 0 Å². The molecule has 1 aliphatic rings. The molecule has 0 spiro atoms. The predicted molar refractivity (Wildman–Crippen MR) is 75.1 cm³/mol. The minimum atomic E-state index is -2.88. The molecule has 0 radical (unpaired) electrons. The average Bonchev–Trinajstić information content (AvgIpc) is 2.68. The first-order valence-electron chi connectivity index (χ1n) is 6.62. The first-order chi connectivity index (χ1) is 8.93. The third-order valence-corrected chi connectivity index (χ3v) is 5.43. The number of hydrogen-bond acceptors (Lipinski definition) is 5. The SMILES string of the molecule is CNCCc1c(C)nc(C2CCS(=O)(=O)C2)nc1C. The fraction of sp³-hybridized carbons (Fsp3) is 0.692. The summed E-state index contributed by atoms with van der Waals surface area (Å²) in [7, 11) is -0.964. The van der Waals surface area contributed by atoms with Gasteiger partial charge in [-0.05, 0) is 45.8 Å². The number of hydrogen-bond donors (Lipinski definition) is 1. The predicted octanol–water partition coefficient (Wildman–Crippen LogP) is 0.757. The molecule has 1 unspecified atom stereocenters. The zero-order chi connectivity index (χ0) is 14.0. The minimum absolute atomic E-state index is 0.0271. The van der Waals surface area contributed by atoms with Gasteiger partial charge < -0.3 is 5.32 Å². The van der Waals surface area contributed by atoms with Crippen molar-refractivity contribution < 1.29 is 8.42 Å². The summed E-state index contributed by atoms with van der Waals surface area (Å²) in [6, 6.07) is 0. The highest BCUT2D eigenvalue weighted by atomic mass is 32.2. The second-order valence-corrected chi connectivity index (χ2v) is 7.41. The zero-order valence-electron chi connectivity index (χ0n) is 11.7. The quantitative estimate of drug-likeness (QED) is 0.883. The van der Waals surface area contributed by atoms with Gasteiger partial charge in [0.2, 0.25) is 0 Å². The minimum Gasteiger partial charge on any atom is -0.319 e. The lowest BCUT2D eigenvalue weighted by atomic mass is 10.1. The number of nitrogens with one attached hydrogen (secondary N) is 1. The molecule has 106 valence electrons. The number of aromatic nitrogens is 2. The summed E-state index contributed by atoms with van der Waals surface area (Å²) in [5, 5.41) is 3.12. The van der Waals surface area contributed by atoms with E-state index in [1.807, 2.05) is 20.9 Å². The van der Waals surface area contributed by atoms with Gasteiger partial charge in [0.05, 0.1) is 11.5 Å². The molecule has 0 aromatic carbocycles. The topological polar surface area (TPSA) is 72.0 Å². The lowest BCUT2D eigenvalue weighted by molar-refractivity contribution is 0.601. The van der Waals surface area contributed by atoms with Gasteiger partial charge in [0.1, 0.15) is 5.82 Å². The van der Waals surface area contributed by atoms with Crippen LogP contribution in [0.1, 0.15) is 35.1 Å². The number of rotatable bonds is 4. The Bertz CT molecular complexity index is 546. The molecule has 1 fully saturated rings. The normalized spacial score (nSPS) is 21.7. The molecule has 0 amide bonds. The second-order valence-electron chi connectivity index (χ2n) is 5.18. The Labute approximate surface area is 114 Å². The van der Waals surface area contributed by atoms with Gasteiger partial charge in [-0.25, -0.2) is 18.4 Å². The van der Waals surface area contributed by atoms with Crippen molar-refractivity contribution in [1.29, 1.82) is 0 Å². The van der Waals surface area contributed by atoms with Gasteiger partial charge in [-0.2, -0.15) is 0 Å². The van der Waals surface area contributed by atoms with Crippen LogP contribution < -0.4 is 5.32 Å². The third-order valence-electron chi connectivity index (χ3n) is 3.66. The first-order valence-corrected chi connectivity index (χ1v) is 8.44. The van der Waals surface area contributed by atoms with Crippen LogP contribution in [-0.4, -0.2) is 43.5 Å². The Morgan fingerprint density at radius 3 is 2.37 bits per heavy atom. The average molecular weight is 283 g/mol. The summed E-state index contributed by atoms with van der Waals surface area (Å²) in [6.07, 6.45) is 1.55. The molecule has 0 aliphatic carbocycles. The van der Waals surface area contributed by atoms with Crippen LogP contribution in [0.25, 0.3) is 0 Å². The van der Waals surface area contributed by atoms with Gasteiger partial charge in [0, 0.05) is 17.3 Å². The van der Waals surface area contributed by atoms with Crippen LogP contribution in [0.2, 0.25) is 0 Å². The van der Waals surface area contributed by atoms with Gasteiger partial charge >= 0.3 is 0 Å². The Kier molecular flexibility index (Phi) is 4.20. The smallest absolute Gasteiger partial charge is 0.151 e. The van der Waals surface area contributed by atoms with Crippen molar-refractivity contribution in [2.75, 3.05) is 25.1 Å². The maximum Gasteiger partial charge on any atom is 0.151 e. The van der Waals surface area contributed by atoms with Crippen molar-refractivity contribution in [1.82, 2.24) is 15.3 Å². The maximum atomic E-state index is 11.5. The van der Waals surface area contributed by atoms with Gasteiger partial charge in [-0.1, -0.05) is 0 Å². The van der Waals surface area contributed by atoms with Crippen LogP contribution in [0, 0.1) is 13.8 Å². The summed E-state index contributed by atoms with van der Waals surface area (Å²) in [4.78, 5) is 9.06. The number of sulfone groups is 1. The van der Waals surface area contributed by atoms with Gasteiger partial charge in [-0.15, -0.1) is 0 Å². The fourth-order valence-electron chi connectivity index (χ4n) is 2.56. The monoisotopic (exact) mass is 283 g/mol. The van der Waals surface area contributed by atoms with Crippen LogP contribution in [0.3, 0.4) is 0 Å². The molecular weight excluding hydrogens is 262 g/mol. The lowest BCUT2D eigenvalue weighted by Gasteiger charge is -2.13. The van der Waals surface area contributed by atoms with E-state index in [4.69, 9.17) is 0 Å². The van der Waals surface area contributed by atoms with Crippen LogP contribution in [0.15, 0.2) is 0 Å². The van der Waals surface area contributed by atoms with Crippen LogP contribution in [-0.2, 0) is 16.3 Å². The second kappa shape index (κ2) is 5.54. The molecule has 2 rings (SSSR count). The maximum absolute atomic E-state index is 11.5. The molecule has 1 saturated heterocycles. The molecule has 6 heteroatoms. The highest BCUT2D eigenvalue weighted by Gasteiger charge is 2.31. The Morgan fingerprint density at radius 2 is 1.89 bits per heavy atom. The molecule has 19 heavy (non-hydrogen) atoms. The summed E-state index contributed by atoms with van der Waals surface area (Å²) in [5.41, 5.74) is 3.11. The molecule has 2 heterocycles. The van der Waals surface area contributed by atoms with Gasteiger partial charge in [0.25, 0.3) is 0 Å². The van der Waals surface area contributed by atoms with E-state index >= 15 is 0 Å².